The maximum Gasteiger partial charge on any atom is 0.0739 e. The minimum absolute atomic E-state index is 0.201. The first-order valence-corrected chi connectivity index (χ1v) is 6.98. The van der Waals surface area contributed by atoms with E-state index in [0.717, 1.165) is 32.5 Å². The Balaban J connectivity index is 2.99. The van der Waals surface area contributed by atoms with Gasteiger partial charge in [-0.05, 0) is 26.3 Å². The van der Waals surface area contributed by atoms with Crippen molar-refractivity contribution in [2.75, 3.05) is 13.7 Å². The fourth-order valence-corrected chi connectivity index (χ4v) is 2.19. The van der Waals surface area contributed by atoms with Crippen LogP contribution in [0.25, 0.3) is 0 Å². The maximum absolute atomic E-state index is 5.34. The van der Waals surface area contributed by atoms with Crippen LogP contribution >= 0.6 is 0 Å². The van der Waals surface area contributed by atoms with E-state index < -0.39 is 0 Å². The number of rotatable bonds is 8. The van der Waals surface area contributed by atoms with Gasteiger partial charge in [0.05, 0.1) is 18.3 Å². The van der Waals surface area contributed by atoms with E-state index in [4.69, 9.17) is 9.84 Å². The molecule has 0 aliphatic rings. The minimum atomic E-state index is 0.201. The molecular weight excluding hydrogens is 226 g/mol. The van der Waals surface area contributed by atoms with Crippen LogP contribution in [0, 0.1) is 0 Å². The summed E-state index contributed by atoms with van der Waals surface area (Å²) in [4.78, 5) is 0. The van der Waals surface area contributed by atoms with Gasteiger partial charge in [-0.15, -0.1) is 0 Å². The molecule has 1 unspecified atom stereocenters. The summed E-state index contributed by atoms with van der Waals surface area (Å²) in [5.74, 6) is 0. The number of methoxy groups -OCH3 is 1. The normalized spacial score (nSPS) is 12.9. The van der Waals surface area contributed by atoms with Crippen LogP contribution in [0.3, 0.4) is 0 Å². The van der Waals surface area contributed by atoms with Crippen LogP contribution in [0.1, 0.15) is 44.6 Å². The van der Waals surface area contributed by atoms with Gasteiger partial charge in [0, 0.05) is 24.9 Å². The Hall–Kier alpha value is -0.870. The van der Waals surface area contributed by atoms with E-state index in [1.54, 1.807) is 7.11 Å². The fraction of sp³-hybridized carbons (Fsp3) is 0.786. The molecule has 0 radical (unpaired) electrons. The minimum Gasteiger partial charge on any atom is -0.380 e. The molecule has 18 heavy (non-hydrogen) atoms. The van der Waals surface area contributed by atoms with Crippen molar-refractivity contribution in [3.63, 3.8) is 0 Å². The van der Waals surface area contributed by atoms with Crippen molar-refractivity contribution in [3.05, 3.63) is 17.0 Å². The molecule has 0 saturated carbocycles. The summed E-state index contributed by atoms with van der Waals surface area (Å²) < 4.78 is 7.47. The number of aromatic nitrogens is 2. The summed E-state index contributed by atoms with van der Waals surface area (Å²) in [6.07, 6.45) is 2.21. The first kappa shape index (κ1) is 15.2. The molecule has 0 aliphatic carbocycles. The molecule has 1 heterocycles. The van der Waals surface area contributed by atoms with Crippen molar-refractivity contribution in [2.24, 2.45) is 0 Å². The summed E-state index contributed by atoms with van der Waals surface area (Å²) in [6, 6.07) is 0. The largest absolute Gasteiger partial charge is 0.380 e. The lowest BCUT2D eigenvalue weighted by atomic mass is 10.1. The number of hydrogen-bond acceptors (Lipinski definition) is 3. The Morgan fingerprint density at radius 1 is 1.28 bits per heavy atom. The van der Waals surface area contributed by atoms with Crippen LogP contribution in [0.2, 0.25) is 0 Å². The molecular formula is C14H27N3O. The number of hydrogen-bond donors (Lipinski definition) is 1. The third-order valence-corrected chi connectivity index (χ3v) is 3.30. The maximum atomic E-state index is 5.34. The van der Waals surface area contributed by atoms with Gasteiger partial charge in [-0.25, -0.2) is 0 Å². The van der Waals surface area contributed by atoms with Crippen molar-refractivity contribution in [1.82, 2.24) is 15.1 Å². The van der Waals surface area contributed by atoms with Gasteiger partial charge in [0.15, 0.2) is 0 Å². The SMILES string of the molecule is CCNCc1c(CC)nn(CC(C)OC)c1CC. The molecule has 0 saturated heterocycles. The zero-order valence-electron chi connectivity index (χ0n) is 12.4. The van der Waals surface area contributed by atoms with E-state index in [9.17, 15) is 0 Å². The van der Waals surface area contributed by atoms with E-state index >= 15 is 0 Å². The van der Waals surface area contributed by atoms with Gasteiger partial charge in [-0.1, -0.05) is 20.8 Å². The monoisotopic (exact) mass is 253 g/mol. The summed E-state index contributed by atoms with van der Waals surface area (Å²) in [7, 11) is 1.75. The van der Waals surface area contributed by atoms with Gasteiger partial charge in [0.2, 0.25) is 0 Å². The van der Waals surface area contributed by atoms with Gasteiger partial charge in [-0.2, -0.15) is 5.10 Å². The molecule has 0 aromatic carbocycles. The van der Waals surface area contributed by atoms with Crippen LogP contribution in [-0.2, 0) is 30.7 Å². The van der Waals surface area contributed by atoms with Gasteiger partial charge in [0.25, 0.3) is 0 Å². The lowest BCUT2D eigenvalue weighted by Crippen LogP contribution is -2.18. The number of nitrogens with one attached hydrogen (secondary N) is 1. The topological polar surface area (TPSA) is 39.1 Å². The summed E-state index contributed by atoms with van der Waals surface area (Å²) in [5.41, 5.74) is 3.94. The van der Waals surface area contributed by atoms with Gasteiger partial charge in [-0.3, -0.25) is 4.68 Å². The van der Waals surface area contributed by atoms with Crippen LogP contribution < -0.4 is 5.32 Å². The quantitative estimate of drug-likeness (QED) is 0.771. The predicted octanol–water partition coefficient (Wildman–Crippen LogP) is 2.15. The molecule has 4 heteroatoms. The smallest absolute Gasteiger partial charge is 0.0739 e. The fourth-order valence-electron chi connectivity index (χ4n) is 2.19. The Morgan fingerprint density at radius 3 is 2.50 bits per heavy atom. The molecule has 0 bridgehead atoms. The second kappa shape index (κ2) is 7.54. The second-order valence-corrected chi connectivity index (χ2v) is 4.59. The van der Waals surface area contributed by atoms with Crippen molar-refractivity contribution < 1.29 is 4.74 Å². The molecule has 0 aliphatic heterocycles. The van der Waals surface area contributed by atoms with Crippen LogP contribution in [0.15, 0.2) is 0 Å². The van der Waals surface area contributed by atoms with E-state index in [-0.39, 0.29) is 6.10 Å². The summed E-state index contributed by atoms with van der Waals surface area (Å²) >= 11 is 0. The predicted molar refractivity (Wildman–Crippen MR) is 74.8 cm³/mol. The van der Waals surface area contributed by atoms with Crippen molar-refractivity contribution in [2.45, 2.75) is 59.7 Å². The Labute approximate surface area is 111 Å². The van der Waals surface area contributed by atoms with E-state index in [1.807, 2.05) is 0 Å². The molecule has 4 nitrogen and oxygen atoms in total. The zero-order valence-corrected chi connectivity index (χ0v) is 12.4. The average molecular weight is 253 g/mol. The third kappa shape index (κ3) is 3.56. The highest BCUT2D eigenvalue weighted by molar-refractivity contribution is 5.26. The van der Waals surface area contributed by atoms with Crippen molar-refractivity contribution in [1.29, 1.82) is 0 Å². The van der Waals surface area contributed by atoms with Crippen molar-refractivity contribution in [3.8, 4) is 0 Å². The Bertz CT molecular complexity index is 360. The number of nitrogens with zero attached hydrogens (tertiary/aromatic N) is 2. The van der Waals surface area contributed by atoms with Crippen molar-refractivity contribution >= 4 is 0 Å². The molecule has 1 atom stereocenters. The highest BCUT2D eigenvalue weighted by Gasteiger charge is 2.16. The standard InChI is InChI=1S/C14H27N3O/c1-6-13-12(9-15-8-3)14(7-2)17(16-13)10-11(4)18-5/h11,15H,6-10H2,1-5H3. The molecule has 0 fully saturated rings. The Kier molecular flexibility index (Phi) is 6.36. The molecule has 104 valence electrons. The molecule has 0 spiro atoms. The van der Waals surface area contributed by atoms with Gasteiger partial charge in [0.1, 0.15) is 0 Å². The van der Waals surface area contributed by atoms with E-state index in [1.165, 1.54) is 17.0 Å². The summed E-state index contributed by atoms with van der Waals surface area (Å²) in [5, 5.41) is 8.15. The van der Waals surface area contributed by atoms with E-state index in [0.29, 0.717) is 0 Å². The van der Waals surface area contributed by atoms with Gasteiger partial charge >= 0.3 is 0 Å². The third-order valence-electron chi connectivity index (χ3n) is 3.30. The molecule has 1 aromatic heterocycles. The average Bonchev–Trinajstić information content (AvgIpc) is 2.72. The molecule has 0 amide bonds. The van der Waals surface area contributed by atoms with Crippen LogP contribution in [0.5, 0.6) is 0 Å². The molecule has 1 aromatic rings. The Morgan fingerprint density at radius 2 is 2.00 bits per heavy atom. The summed E-state index contributed by atoms with van der Waals surface area (Å²) in [6.45, 7) is 11.3. The van der Waals surface area contributed by atoms with Crippen LogP contribution in [0.4, 0.5) is 0 Å². The van der Waals surface area contributed by atoms with Gasteiger partial charge < -0.3 is 10.1 Å². The molecule has 1 N–H and O–H groups in total. The second-order valence-electron chi connectivity index (χ2n) is 4.59. The molecule has 1 rings (SSSR count). The van der Waals surface area contributed by atoms with E-state index in [2.05, 4.69) is 37.7 Å². The first-order chi connectivity index (χ1) is 8.67. The number of aryl methyl sites for hydroxylation is 1. The zero-order chi connectivity index (χ0) is 13.5. The lowest BCUT2D eigenvalue weighted by Gasteiger charge is -2.12. The number of ether oxygens (including phenoxy) is 1. The first-order valence-electron chi connectivity index (χ1n) is 6.98. The van der Waals surface area contributed by atoms with Crippen LogP contribution in [-0.4, -0.2) is 29.5 Å². The highest BCUT2D eigenvalue weighted by atomic mass is 16.5. The lowest BCUT2D eigenvalue weighted by molar-refractivity contribution is 0.0989. The highest BCUT2D eigenvalue weighted by Crippen LogP contribution is 2.17.